The third kappa shape index (κ3) is 3.69. The monoisotopic (exact) mass is 315 g/mol. The summed E-state index contributed by atoms with van der Waals surface area (Å²) in [5.41, 5.74) is -0.542. The number of hydrogen-bond acceptors (Lipinski definition) is 6. The molecule has 9 heteroatoms. The standard InChI is InChI=1S/C12H13NO7S/c14-10(15)5-9-7-21(18,19)4-3-13(9)12(17)8-1-2-11(16)20-6-8/h1-2,6,9H,3-5,7H2,(H,14,15). The minimum Gasteiger partial charge on any atom is -0.481 e. The smallest absolute Gasteiger partial charge is 0.335 e. The highest BCUT2D eigenvalue weighted by molar-refractivity contribution is 7.91. The average molecular weight is 315 g/mol. The highest BCUT2D eigenvalue weighted by Gasteiger charge is 2.35. The van der Waals surface area contributed by atoms with Crippen LogP contribution >= 0.6 is 0 Å². The summed E-state index contributed by atoms with van der Waals surface area (Å²) in [5, 5.41) is 8.85. The van der Waals surface area contributed by atoms with Gasteiger partial charge in [-0.15, -0.1) is 0 Å². The quantitative estimate of drug-likeness (QED) is 0.786. The molecule has 114 valence electrons. The lowest BCUT2D eigenvalue weighted by atomic mass is 10.1. The van der Waals surface area contributed by atoms with Gasteiger partial charge in [0.15, 0.2) is 9.84 Å². The zero-order valence-corrected chi connectivity index (χ0v) is 11.7. The zero-order valence-electron chi connectivity index (χ0n) is 10.9. The molecule has 0 spiro atoms. The number of nitrogens with zero attached hydrogens (tertiary/aromatic N) is 1. The van der Waals surface area contributed by atoms with Crippen molar-refractivity contribution in [1.82, 2.24) is 4.90 Å². The maximum Gasteiger partial charge on any atom is 0.335 e. The Kier molecular flexibility index (Phi) is 4.12. The predicted molar refractivity (Wildman–Crippen MR) is 70.7 cm³/mol. The number of carboxylic acids is 1. The zero-order chi connectivity index (χ0) is 15.6. The van der Waals surface area contributed by atoms with Crippen LogP contribution in [0.4, 0.5) is 0 Å². The van der Waals surface area contributed by atoms with Gasteiger partial charge in [-0.25, -0.2) is 13.2 Å². The molecule has 1 aromatic rings. The lowest BCUT2D eigenvalue weighted by molar-refractivity contribution is -0.138. The van der Waals surface area contributed by atoms with Gasteiger partial charge in [-0.3, -0.25) is 9.59 Å². The molecule has 1 atom stereocenters. The first-order valence-electron chi connectivity index (χ1n) is 6.10. The molecule has 0 radical (unpaired) electrons. The summed E-state index contributed by atoms with van der Waals surface area (Å²) in [6, 6.07) is 1.40. The molecule has 21 heavy (non-hydrogen) atoms. The third-order valence-corrected chi connectivity index (χ3v) is 4.85. The second-order valence-corrected chi connectivity index (χ2v) is 6.94. The van der Waals surface area contributed by atoms with Gasteiger partial charge in [0.25, 0.3) is 5.91 Å². The molecule has 1 aliphatic rings. The van der Waals surface area contributed by atoms with Crippen molar-refractivity contribution >= 4 is 21.7 Å². The summed E-state index contributed by atoms with van der Waals surface area (Å²) in [6.07, 6.45) is 0.521. The van der Waals surface area contributed by atoms with Crippen molar-refractivity contribution in [1.29, 1.82) is 0 Å². The first kappa shape index (κ1) is 15.2. The average Bonchev–Trinajstić information content (AvgIpc) is 2.37. The number of carbonyl (C=O) groups is 2. The Bertz CT molecular complexity index is 701. The van der Waals surface area contributed by atoms with Gasteiger partial charge < -0.3 is 14.4 Å². The number of carboxylic acid groups (broad SMARTS) is 1. The Hall–Kier alpha value is -2.16. The molecule has 1 N–H and O–H groups in total. The highest BCUT2D eigenvalue weighted by Crippen LogP contribution is 2.18. The number of aliphatic carboxylic acids is 1. The largest absolute Gasteiger partial charge is 0.481 e. The van der Waals surface area contributed by atoms with E-state index in [0.29, 0.717) is 0 Å². The Morgan fingerprint density at radius 1 is 1.38 bits per heavy atom. The van der Waals surface area contributed by atoms with E-state index in [1.54, 1.807) is 0 Å². The van der Waals surface area contributed by atoms with Crippen LogP contribution in [0.15, 0.2) is 27.6 Å². The summed E-state index contributed by atoms with van der Waals surface area (Å²) in [5.74, 6) is -2.35. The minimum absolute atomic E-state index is 0.0734. The Balaban J connectivity index is 2.26. The van der Waals surface area contributed by atoms with Gasteiger partial charge in [0.05, 0.1) is 29.5 Å². The molecule has 0 aliphatic carbocycles. The fraction of sp³-hybridized carbons (Fsp3) is 0.417. The maximum absolute atomic E-state index is 12.3. The van der Waals surface area contributed by atoms with E-state index in [1.165, 1.54) is 11.0 Å². The van der Waals surface area contributed by atoms with Crippen molar-refractivity contribution in [3.05, 3.63) is 34.4 Å². The number of amides is 1. The summed E-state index contributed by atoms with van der Waals surface area (Å²) in [6.45, 7) is -0.0851. The molecule has 0 saturated carbocycles. The van der Waals surface area contributed by atoms with Crippen molar-refractivity contribution in [2.75, 3.05) is 18.1 Å². The van der Waals surface area contributed by atoms with E-state index < -0.39 is 39.8 Å². The molecule has 2 rings (SSSR count). The molecular weight excluding hydrogens is 302 g/mol. The molecule has 1 aliphatic heterocycles. The molecule has 1 amide bonds. The van der Waals surface area contributed by atoms with E-state index in [2.05, 4.69) is 4.42 Å². The predicted octanol–water partition coefficient (Wildman–Crippen LogP) is -0.646. The van der Waals surface area contributed by atoms with E-state index in [-0.39, 0.29) is 23.6 Å². The van der Waals surface area contributed by atoms with Crippen LogP contribution in [0.5, 0.6) is 0 Å². The Morgan fingerprint density at radius 2 is 2.10 bits per heavy atom. The van der Waals surface area contributed by atoms with Gasteiger partial charge in [-0.1, -0.05) is 0 Å². The summed E-state index contributed by atoms with van der Waals surface area (Å²) >= 11 is 0. The first-order valence-corrected chi connectivity index (χ1v) is 7.93. The van der Waals surface area contributed by atoms with E-state index in [0.717, 1.165) is 12.3 Å². The molecule has 1 unspecified atom stereocenters. The lowest BCUT2D eigenvalue weighted by Crippen LogP contribution is -2.52. The van der Waals surface area contributed by atoms with Gasteiger partial charge in [-0.2, -0.15) is 0 Å². The van der Waals surface area contributed by atoms with E-state index >= 15 is 0 Å². The molecule has 1 saturated heterocycles. The minimum atomic E-state index is -3.36. The Labute approximate surface area is 119 Å². The van der Waals surface area contributed by atoms with Gasteiger partial charge in [0, 0.05) is 12.6 Å². The number of rotatable bonds is 3. The molecule has 2 heterocycles. The molecule has 1 aromatic heterocycles. The van der Waals surface area contributed by atoms with Crippen LogP contribution in [-0.2, 0) is 14.6 Å². The van der Waals surface area contributed by atoms with Crippen LogP contribution in [-0.4, -0.2) is 54.4 Å². The summed E-state index contributed by atoms with van der Waals surface area (Å²) < 4.78 is 27.8. The van der Waals surface area contributed by atoms with Crippen LogP contribution < -0.4 is 5.63 Å². The summed E-state index contributed by atoms with van der Waals surface area (Å²) in [7, 11) is -3.36. The molecule has 8 nitrogen and oxygen atoms in total. The van der Waals surface area contributed by atoms with Crippen molar-refractivity contribution in [2.24, 2.45) is 0 Å². The second kappa shape index (κ2) is 5.68. The van der Waals surface area contributed by atoms with Crippen LogP contribution in [0.2, 0.25) is 0 Å². The second-order valence-electron chi connectivity index (χ2n) is 4.71. The molecule has 1 fully saturated rings. The first-order chi connectivity index (χ1) is 9.78. The van der Waals surface area contributed by atoms with Crippen molar-refractivity contribution in [3.8, 4) is 0 Å². The maximum atomic E-state index is 12.3. The lowest BCUT2D eigenvalue weighted by Gasteiger charge is -2.34. The summed E-state index contributed by atoms with van der Waals surface area (Å²) in [4.78, 5) is 35.2. The molecule has 0 bridgehead atoms. The van der Waals surface area contributed by atoms with Crippen LogP contribution in [0.3, 0.4) is 0 Å². The fourth-order valence-electron chi connectivity index (χ4n) is 2.17. The van der Waals surface area contributed by atoms with Crippen molar-refractivity contribution in [3.63, 3.8) is 0 Å². The van der Waals surface area contributed by atoms with Gasteiger partial charge >= 0.3 is 11.6 Å². The normalized spacial score (nSPS) is 21.0. The SMILES string of the molecule is O=C(O)CC1CS(=O)(=O)CCN1C(=O)c1ccc(=O)oc1. The number of sulfone groups is 1. The third-order valence-electron chi connectivity index (χ3n) is 3.15. The van der Waals surface area contributed by atoms with Crippen LogP contribution in [0, 0.1) is 0 Å². The van der Waals surface area contributed by atoms with E-state index in [9.17, 15) is 22.8 Å². The fourth-order valence-corrected chi connectivity index (χ4v) is 3.70. The number of hydrogen-bond donors (Lipinski definition) is 1. The van der Waals surface area contributed by atoms with Gasteiger partial charge in [0.2, 0.25) is 0 Å². The molecule has 0 aromatic carbocycles. The Morgan fingerprint density at radius 3 is 2.67 bits per heavy atom. The van der Waals surface area contributed by atoms with E-state index in [4.69, 9.17) is 5.11 Å². The van der Waals surface area contributed by atoms with Gasteiger partial charge in [0.1, 0.15) is 6.26 Å². The molecular formula is C12H13NO7S. The van der Waals surface area contributed by atoms with Crippen molar-refractivity contribution < 1.29 is 27.5 Å². The van der Waals surface area contributed by atoms with Crippen LogP contribution in [0.1, 0.15) is 16.8 Å². The van der Waals surface area contributed by atoms with Crippen molar-refractivity contribution in [2.45, 2.75) is 12.5 Å². The van der Waals surface area contributed by atoms with Crippen LogP contribution in [0.25, 0.3) is 0 Å². The van der Waals surface area contributed by atoms with E-state index in [1.807, 2.05) is 0 Å². The topological polar surface area (TPSA) is 122 Å². The number of carbonyl (C=O) groups excluding carboxylic acids is 1. The van der Waals surface area contributed by atoms with Gasteiger partial charge in [-0.05, 0) is 6.07 Å². The highest BCUT2D eigenvalue weighted by atomic mass is 32.2.